The van der Waals surface area contributed by atoms with Gasteiger partial charge in [-0.1, -0.05) is 24.3 Å². The maximum Gasteiger partial charge on any atom is 0.410 e. The Hall–Kier alpha value is -4.48. The first kappa shape index (κ1) is 31.7. The Kier molecular flexibility index (Phi) is 10.7. The van der Waals surface area contributed by atoms with Crippen LogP contribution in [0.2, 0.25) is 0 Å². The van der Waals surface area contributed by atoms with Crippen molar-refractivity contribution >= 4 is 46.8 Å². The number of benzene rings is 2. The van der Waals surface area contributed by atoms with E-state index in [0.717, 1.165) is 9.80 Å². The highest BCUT2D eigenvalue weighted by Gasteiger charge is 2.28. The molecule has 0 radical (unpaired) electrons. The van der Waals surface area contributed by atoms with Crippen molar-refractivity contribution in [2.45, 2.75) is 52.7 Å². The number of nitrogens with one attached hydrogen (secondary N) is 2. The van der Waals surface area contributed by atoms with Crippen molar-refractivity contribution in [1.29, 1.82) is 0 Å². The molecule has 0 unspecified atom stereocenters. The number of para-hydroxylation sites is 4. The largest absolute Gasteiger partial charge is 0.444 e. The fraction of sp³-hybridized carbons (Fsp3) is 0.429. The van der Waals surface area contributed by atoms with E-state index in [-0.39, 0.29) is 13.1 Å². The lowest BCUT2D eigenvalue weighted by Crippen LogP contribution is -2.48. The van der Waals surface area contributed by atoms with Crippen LogP contribution < -0.4 is 22.1 Å². The van der Waals surface area contributed by atoms with Crippen LogP contribution >= 0.6 is 0 Å². The van der Waals surface area contributed by atoms with Gasteiger partial charge in [0.15, 0.2) is 0 Å². The van der Waals surface area contributed by atoms with Gasteiger partial charge in [0.05, 0.1) is 22.7 Å². The Balaban J connectivity index is 2.21. The average Bonchev–Trinajstić information content (AvgIpc) is 2.81. The van der Waals surface area contributed by atoms with Gasteiger partial charge in [-0.3, -0.25) is 19.4 Å². The van der Waals surface area contributed by atoms with Gasteiger partial charge < -0.3 is 31.6 Å². The van der Waals surface area contributed by atoms with Crippen molar-refractivity contribution in [2.75, 3.05) is 48.3 Å². The summed E-state index contributed by atoms with van der Waals surface area (Å²) in [6, 6.07) is 13.4. The van der Waals surface area contributed by atoms with Crippen molar-refractivity contribution in [3.8, 4) is 0 Å². The lowest BCUT2D eigenvalue weighted by molar-refractivity contribution is -0.118. The summed E-state index contributed by atoms with van der Waals surface area (Å²) in [6.07, 6.45) is -1.54. The number of anilines is 4. The zero-order chi connectivity index (χ0) is 30.1. The van der Waals surface area contributed by atoms with Crippen molar-refractivity contribution in [3.05, 3.63) is 48.5 Å². The molecule has 0 aliphatic heterocycles. The number of hydrogen-bond donors (Lipinski definition) is 4. The summed E-state index contributed by atoms with van der Waals surface area (Å²) < 4.78 is 11.0. The molecule has 0 aliphatic rings. The number of rotatable bonds is 9. The maximum absolute atomic E-state index is 13.0. The van der Waals surface area contributed by atoms with Crippen LogP contribution in [-0.2, 0) is 19.1 Å². The third-order valence-corrected chi connectivity index (χ3v) is 5.08. The first-order valence-corrected chi connectivity index (χ1v) is 12.8. The fourth-order valence-electron chi connectivity index (χ4n) is 3.31. The van der Waals surface area contributed by atoms with Crippen molar-refractivity contribution in [1.82, 2.24) is 9.80 Å². The summed E-state index contributed by atoms with van der Waals surface area (Å²) in [5.74, 6) is -1.05. The molecule has 12 heteroatoms. The van der Waals surface area contributed by atoms with Crippen LogP contribution in [0.3, 0.4) is 0 Å². The van der Waals surface area contributed by atoms with Gasteiger partial charge in [0.1, 0.15) is 24.3 Å². The number of amides is 4. The zero-order valence-corrected chi connectivity index (χ0v) is 23.9. The summed E-state index contributed by atoms with van der Waals surface area (Å²) in [7, 11) is 0. The van der Waals surface area contributed by atoms with Gasteiger partial charge in [0, 0.05) is 13.1 Å². The molecule has 2 rings (SSSR count). The molecule has 0 saturated carbocycles. The Bertz CT molecular complexity index is 1110. The molecule has 40 heavy (non-hydrogen) atoms. The monoisotopic (exact) mass is 556 g/mol. The normalized spacial score (nSPS) is 11.2. The lowest BCUT2D eigenvalue weighted by atomic mass is 10.2. The molecule has 218 valence electrons. The first-order chi connectivity index (χ1) is 18.5. The first-order valence-electron chi connectivity index (χ1n) is 12.8. The van der Waals surface area contributed by atoms with E-state index in [1.54, 1.807) is 90.1 Å². The average molecular weight is 557 g/mol. The van der Waals surface area contributed by atoms with E-state index < -0.39 is 48.3 Å². The molecule has 2 aromatic rings. The second-order valence-corrected chi connectivity index (χ2v) is 11.1. The predicted molar refractivity (Wildman–Crippen MR) is 155 cm³/mol. The number of carbonyl (C=O) groups is 4. The van der Waals surface area contributed by atoms with Gasteiger partial charge in [0.25, 0.3) is 0 Å². The molecule has 0 heterocycles. The van der Waals surface area contributed by atoms with E-state index in [1.807, 2.05) is 0 Å². The Morgan fingerprint density at radius 3 is 1.27 bits per heavy atom. The summed E-state index contributed by atoms with van der Waals surface area (Å²) >= 11 is 0. The molecule has 0 aromatic heterocycles. The fourth-order valence-corrected chi connectivity index (χ4v) is 3.31. The molecule has 6 N–H and O–H groups in total. The SMILES string of the molecule is CC(C)(C)OC(=O)N(CCN(CC(=O)Nc1ccccc1N)C(=O)OC(C)(C)C)CC(=O)Nc1ccccc1N. The molecular weight excluding hydrogens is 516 g/mol. The number of ether oxygens (including phenoxy) is 2. The molecule has 2 aromatic carbocycles. The lowest BCUT2D eigenvalue weighted by Gasteiger charge is -2.31. The van der Waals surface area contributed by atoms with Crippen LogP contribution in [0.4, 0.5) is 32.3 Å². The number of nitrogen functional groups attached to an aromatic ring is 2. The van der Waals surface area contributed by atoms with E-state index in [2.05, 4.69) is 10.6 Å². The Morgan fingerprint density at radius 1 is 0.650 bits per heavy atom. The summed E-state index contributed by atoms with van der Waals surface area (Å²) in [4.78, 5) is 53.9. The smallest absolute Gasteiger partial charge is 0.410 e. The number of nitrogens with zero attached hydrogens (tertiary/aromatic N) is 2. The molecule has 0 saturated heterocycles. The minimum atomic E-state index is -0.837. The van der Waals surface area contributed by atoms with E-state index in [4.69, 9.17) is 20.9 Å². The second-order valence-electron chi connectivity index (χ2n) is 11.1. The standard InChI is InChI=1S/C28H40N6O6/c1-27(2,3)39-25(37)33(17-23(35)31-21-13-9-7-11-19(21)29)15-16-34(26(38)40-28(4,5)6)18-24(36)32-22-14-10-8-12-20(22)30/h7-14H,15-18,29-30H2,1-6H3,(H,31,35)(H,32,36). The zero-order valence-electron chi connectivity index (χ0n) is 23.9. The molecule has 0 atom stereocenters. The number of nitrogens with two attached hydrogens (primary N) is 2. The van der Waals surface area contributed by atoms with Crippen LogP contribution in [-0.4, -0.2) is 71.2 Å². The molecule has 12 nitrogen and oxygen atoms in total. The minimum absolute atomic E-state index is 0.132. The molecule has 0 bridgehead atoms. The van der Waals surface area contributed by atoms with E-state index in [1.165, 1.54) is 0 Å². The molecule has 0 fully saturated rings. The van der Waals surface area contributed by atoms with Gasteiger partial charge >= 0.3 is 12.2 Å². The quantitative estimate of drug-likeness (QED) is 0.337. The molecular formula is C28H40N6O6. The van der Waals surface area contributed by atoms with Gasteiger partial charge in [-0.2, -0.15) is 0 Å². The minimum Gasteiger partial charge on any atom is -0.444 e. The van der Waals surface area contributed by atoms with Gasteiger partial charge in [0.2, 0.25) is 11.8 Å². The number of carbonyl (C=O) groups excluding carboxylic acids is 4. The van der Waals surface area contributed by atoms with E-state index in [9.17, 15) is 19.2 Å². The highest BCUT2D eigenvalue weighted by molar-refractivity contribution is 5.97. The van der Waals surface area contributed by atoms with Gasteiger partial charge in [-0.05, 0) is 65.8 Å². The van der Waals surface area contributed by atoms with Crippen molar-refractivity contribution in [3.63, 3.8) is 0 Å². The van der Waals surface area contributed by atoms with Crippen molar-refractivity contribution < 1.29 is 28.7 Å². The van der Waals surface area contributed by atoms with Gasteiger partial charge in [-0.15, -0.1) is 0 Å². The van der Waals surface area contributed by atoms with Crippen LogP contribution in [0.25, 0.3) is 0 Å². The summed E-state index contributed by atoms with van der Waals surface area (Å²) in [5.41, 5.74) is 11.7. The maximum atomic E-state index is 13.0. The number of hydrogen-bond acceptors (Lipinski definition) is 8. The summed E-state index contributed by atoms with van der Waals surface area (Å²) in [5, 5.41) is 5.34. The third kappa shape index (κ3) is 11.1. The third-order valence-electron chi connectivity index (χ3n) is 5.08. The topological polar surface area (TPSA) is 169 Å². The van der Waals surface area contributed by atoms with Gasteiger partial charge in [-0.25, -0.2) is 9.59 Å². The Morgan fingerprint density at radius 2 is 0.975 bits per heavy atom. The Labute approximate surface area is 234 Å². The van der Waals surface area contributed by atoms with Crippen molar-refractivity contribution in [2.24, 2.45) is 0 Å². The second kappa shape index (κ2) is 13.5. The van der Waals surface area contributed by atoms with Crippen LogP contribution in [0, 0.1) is 0 Å². The molecule has 4 amide bonds. The van der Waals surface area contributed by atoms with E-state index >= 15 is 0 Å². The molecule has 0 spiro atoms. The van der Waals surface area contributed by atoms with Crippen LogP contribution in [0.15, 0.2) is 48.5 Å². The highest BCUT2D eigenvalue weighted by Crippen LogP contribution is 2.18. The predicted octanol–water partition coefficient (Wildman–Crippen LogP) is 3.90. The van der Waals surface area contributed by atoms with E-state index in [0.29, 0.717) is 22.7 Å². The van der Waals surface area contributed by atoms with Crippen LogP contribution in [0.1, 0.15) is 41.5 Å². The summed E-state index contributed by atoms with van der Waals surface area (Å²) in [6.45, 7) is 9.12. The molecule has 0 aliphatic carbocycles. The van der Waals surface area contributed by atoms with Crippen LogP contribution in [0.5, 0.6) is 0 Å². The highest BCUT2D eigenvalue weighted by atomic mass is 16.6.